The van der Waals surface area contributed by atoms with Crippen molar-refractivity contribution in [1.29, 1.82) is 0 Å². The molecule has 0 radical (unpaired) electrons. The molecule has 6 nitrogen and oxygen atoms in total. The van der Waals surface area contributed by atoms with E-state index >= 15 is 0 Å². The van der Waals surface area contributed by atoms with Crippen molar-refractivity contribution in [2.75, 3.05) is 6.54 Å². The number of nitrogens with one attached hydrogen (secondary N) is 1. The SMILES string of the molecule is CC(C)c1nc(-c2nnc3n2CCN[C@H]3C)co1. The van der Waals surface area contributed by atoms with Crippen molar-refractivity contribution in [2.45, 2.75) is 39.3 Å². The number of nitrogens with zero attached hydrogens (tertiary/aromatic N) is 4. The normalized spacial score (nSPS) is 19.2. The molecule has 0 fully saturated rings. The first kappa shape index (κ1) is 11.4. The molecule has 18 heavy (non-hydrogen) atoms. The maximum Gasteiger partial charge on any atom is 0.197 e. The number of oxazole rings is 1. The minimum atomic E-state index is 0.233. The molecule has 1 aliphatic rings. The summed E-state index contributed by atoms with van der Waals surface area (Å²) in [5.74, 6) is 2.78. The topological polar surface area (TPSA) is 68.8 Å². The summed E-state index contributed by atoms with van der Waals surface area (Å²) >= 11 is 0. The lowest BCUT2D eigenvalue weighted by Crippen LogP contribution is -2.32. The lowest BCUT2D eigenvalue weighted by molar-refractivity contribution is 0.438. The molecule has 0 unspecified atom stereocenters. The molecule has 0 saturated carbocycles. The smallest absolute Gasteiger partial charge is 0.197 e. The van der Waals surface area contributed by atoms with Gasteiger partial charge >= 0.3 is 0 Å². The van der Waals surface area contributed by atoms with Gasteiger partial charge in [-0.1, -0.05) is 13.8 Å². The van der Waals surface area contributed by atoms with Crippen LogP contribution in [0.15, 0.2) is 10.7 Å². The molecule has 2 aromatic rings. The van der Waals surface area contributed by atoms with Crippen molar-refractivity contribution >= 4 is 0 Å². The van der Waals surface area contributed by atoms with Gasteiger partial charge in [-0.05, 0) is 6.92 Å². The third kappa shape index (κ3) is 1.73. The summed E-state index contributed by atoms with van der Waals surface area (Å²) in [5, 5.41) is 11.8. The molecule has 3 heterocycles. The molecule has 96 valence electrons. The van der Waals surface area contributed by atoms with Crippen molar-refractivity contribution in [1.82, 2.24) is 25.1 Å². The van der Waals surface area contributed by atoms with Crippen LogP contribution in [-0.4, -0.2) is 26.3 Å². The lowest BCUT2D eigenvalue weighted by Gasteiger charge is -2.21. The van der Waals surface area contributed by atoms with Gasteiger partial charge in [0.15, 0.2) is 11.7 Å². The molecule has 0 spiro atoms. The highest BCUT2D eigenvalue weighted by atomic mass is 16.3. The van der Waals surface area contributed by atoms with Crippen LogP contribution in [0.5, 0.6) is 0 Å². The maximum atomic E-state index is 5.46. The van der Waals surface area contributed by atoms with E-state index in [1.165, 1.54) is 0 Å². The standard InChI is InChI=1S/C12H17N5O/c1-7(2)12-14-9(6-18-12)11-16-15-10-8(3)13-4-5-17(10)11/h6-8,13H,4-5H2,1-3H3/t8-/m0/s1. The average Bonchev–Trinajstić information content (AvgIpc) is 2.94. The zero-order valence-electron chi connectivity index (χ0n) is 10.8. The number of aromatic nitrogens is 4. The fourth-order valence-electron chi connectivity index (χ4n) is 2.19. The molecule has 0 bridgehead atoms. The number of hydrogen-bond acceptors (Lipinski definition) is 5. The number of hydrogen-bond donors (Lipinski definition) is 1. The molecular formula is C12H17N5O. The van der Waals surface area contributed by atoms with Gasteiger partial charge in [-0.25, -0.2) is 4.98 Å². The molecule has 1 aliphatic heterocycles. The Kier molecular flexibility index (Phi) is 2.66. The molecule has 3 rings (SSSR count). The largest absolute Gasteiger partial charge is 0.448 e. The quantitative estimate of drug-likeness (QED) is 0.875. The third-order valence-electron chi connectivity index (χ3n) is 3.20. The van der Waals surface area contributed by atoms with Crippen LogP contribution in [0.3, 0.4) is 0 Å². The van der Waals surface area contributed by atoms with Crippen LogP contribution < -0.4 is 5.32 Å². The molecule has 0 saturated heterocycles. The fourth-order valence-corrected chi connectivity index (χ4v) is 2.19. The summed E-state index contributed by atoms with van der Waals surface area (Å²) in [6.45, 7) is 7.99. The van der Waals surface area contributed by atoms with Gasteiger partial charge in [0.2, 0.25) is 0 Å². The van der Waals surface area contributed by atoms with E-state index < -0.39 is 0 Å². The van der Waals surface area contributed by atoms with Crippen molar-refractivity contribution < 1.29 is 4.42 Å². The highest BCUT2D eigenvalue weighted by Crippen LogP contribution is 2.24. The van der Waals surface area contributed by atoms with Gasteiger partial charge in [-0.15, -0.1) is 10.2 Å². The van der Waals surface area contributed by atoms with Crippen molar-refractivity contribution in [3.63, 3.8) is 0 Å². The monoisotopic (exact) mass is 247 g/mol. The van der Waals surface area contributed by atoms with Gasteiger partial charge in [0.25, 0.3) is 0 Å². The second-order valence-corrected chi connectivity index (χ2v) is 4.93. The first-order valence-corrected chi connectivity index (χ1v) is 6.29. The van der Waals surface area contributed by atoms with Gasteiger partial charge in [0, 0.05) is 19.0 Å². The van der Waals surface area contributed by atoms with Crippen LogP contribution in [0, 0.1) is 0 Å². The highest BCUT2D eigenvalue weighted by molar-refractivity contribution is 5.48. The number of rotatable bonds is 2. The van der Waals surface area contributed by atoms with E-state index in [0.717, 1.165) is 36.3 Å². The molecule has 1 atom stereocenters. The van der Waals surface area contributed by atoms with Gasteiger partial charge < -0.3 is 14.3 Å². The first-order chi connectivity index (χ1) is 8.66. The number of fused-ring (bicyclic) bond motifs is 1. The van der Waals surface area contributed by atoms with E-state index in [-0.39, 0.29) is 12.0 Å². The van der Waals surface area contributed by atoms with E-state index in [4.69, 9.17) is 4.42 Å². The molecule has 0 aromatic carbocycles. The Hall–Kier alpha value is -1.69. The van der Waals surface area contributed by atoms with Crippen LogP contribution in [0.1, 0.15) is 44.4 Å². The predicted octanol–water partition coefficient (Wildman–Crippen LogP) is 1.72. The van der Waals surface area contributed by atoms with E-state index in [1.54, 1.807) is 6.26 Å². The van der Waals surface area contributed by atoms with Crippen LogP contribution in [-0.2, 0) is 6.54 Å². The van der Waals surface area contributed by atoms with Crippen molar-refractivity contribution in [3.8, 4) is 11.5 Å². The van der Waals surface area contributed by atoms with Crippen molar-refractivity contribution in [2.24, 2.45) is 0 Å². The lowest BCUT2D eigenvalue weighted by atomic mass is 10.2. The highest BCUT2D eigenvalue weighted by Gasteiger charge is 2.23. The Morgan fingerprint density at radius 2 is 2.28 bits per heavy atom. The Balaban J connectivity index is 2.01. The van der Waals surface area contributed by atoms with E-state index in [0.29, 0.717) is 0 Å². The second kappa shape index (κ2) is 4.20. The molecular weight excluding hydrogens is 230 g/mol. The van der Waals surface area contributed by atoms with Crippen molar-refractivity contribution in [3.05, 3.63) is 18.0 Å². The van der Waals surface area contributed by atoms with E-state index in [9.17, 15) is 0 Å². The summed E-state index contributed by atoms with van der Waals surface area (Å²) in [6, 6.07) is 0.233. The molecule has 0 amide bonds. The first-order valence-electron chi connectivity index (χ1n) is 6.29. The van der Waals surface area contributed by atoms with Crippen LogP contribution in [0.4, 0.5) is 0 Å². The summed E-state index contributed by atoms with van der Waals surface area (Å²) in [4.78, 5) is 4.47. The zero-order chi connectivity index (χ0) is 12.7. The Morgan fingerprint density at radius 1 is 1.44 bits per heavy atom. The third-order valence-corrected chi connectivity index (χ3v) is 3.20. The predicted molar refractivity (Wildman–Crippen MR) is 66.0 cm³/mol. The minimum absolute atomic E-state index is 0.233. The summed E-state index contributed by atoms with van der Waals surface area (Å²) in [6.07, 6.45) is 1.67. The summed E-state index contributed by atoms with van der Waals surface area (Å²) in [5.41, 5.74) is 0.770. The summed E-state index contributed by atoms with van der Waals surface area (Å²) in [7, 11) is 0. The summed E-state index contributed by atoms with van der Waals surface area (Å²) < 4.78 is 7.57. The van der Waals surface area contributed by atoms with Crippen LogP contribution in [0.25, 0.3) is 11.5 Å². The Bertz CT molecular complexity index is 557. The molecule has 0 aliphatic carbocycles. The average molecular weight is 247 g/mol. The molecule has 1 N–H and O–H groups in total. The molecule has 6 heteroatoms. The second-order valence-electron chi connectivity index (χ2n) is 4.93. The zero-order valence-corrected chi connectivity index (χ0v) is 10.8. The minimum Gasteiger partial charge on any atom is -0.448 e. The fraction of sp³-hybridized carbons (Fsp3) is 0.583. The van der Waals surface area contributed by atoms with Gasteiger partial charge in [-0.2, -0.15) is 0 Å². The maximum absolute atomic E-state index is 5.46. The van der Waals surface area contributed by atoms with Gasteiger partial charge in [0.05, 0.1) is 6.04 Å². The van der Waals surface area contributed by atoms with E-state index in [1.807, 2.05) is 0 Å². The van der Waals surface area contributed by atoms with Gasteiger partial charge in [0.1, 0.15) is 17.8 Å². The molecule has 2 aromatic heterocycles. The Morgan fingerprint density at radius 3 is 3.00 bits per heavy atom. The van der Waals surface area contributed by atoms with Gasteiger partial charge in [-0.3, -0.25) is 0 Å². The van der Waals surface area contributed by atoms with Crippen LogP contribution >= 0.6 is 0 Å². The van der Waals surface area contributed by atoms with E-state index in [2.05, 4.69) is 45.8 Å². The van der Waals surface area contributed by atoms with Crippen LogP contribution in [0.2, 0.25) is 0 Å². The Labute approximate surface area is 105 Å².